The molecule has 5 heterocycles. The van der Waals surface area contributed by atoms with Crippen molar-refractivity contribution in [2.75, 3.05) is 38.3 Å². The Labute approximate surface area is 214 Å². The molecule has 0 bridgehead atoms. The van der Waals surface area contributed by atoms with Crippen molar-refractivity contribution in [2.45, 2.75) is 44.3 Å². The molecule has 188 valence electrons. The van der Waals surface area contributed by atoms with Crippen LogP contribution in [0.5, 0.6) is 5.75 Å². The monoisotopic (exact) mass is 510 g/mol. The quantitative estimate of drug-likeness (QED) is 0.526. The van der Waals surface area contributed by atoms with Crippen molar-refractivity contribution in [2.24, 2.45) is 5.41 Å². The van der Waals surface area contributed by atoms with Crippen molar-refractivity contribution in [3.8, 4) is 11.4 Å². The summed E-state index contributed by atoms with van der Waals surface area (Å²) in [5, 5.41) is 10.1. The molecule has 0 amide bonds. The lowest BCUT2D eigenvalue weighted by molar-refractivity contribution is 0.0581. The van der Waals surface area contributed by atoms with E-state index < -0.39 is 5.82 Å². The van der Waals surface area contributed by atoms with Crippen LogP contribution in [0.1, 0.15) is 42.4 Å². The van der Waals surface area contributed by atoms with Gasteiger partial charge >= 0.3 is 0 Å². The van der Waals surface area contributed by atoms with Gasteiger partial charge in [-0.3, -0.25) is 9.47 Å². The van der Waals surface area contributed by atoms with Crippen molar-refractivity contribution in [3.05, 3.63) is 58.5 Å². The molecule has 2 aromatic heterocycles. The van der Waals surface area contributed by atoms with E-state index in [4.69, 9.17) is 26.2 Å². The molecule has 8 nitrogen and oxygen atoms in total. The Morgan fingerprint density at radius 2 is 2.03 bits per heavy atom. The van der Waals surface area contributed by atoms with E-state index >= 15 is 0 Å². The Bertz CT molecular complexity index is 1310. The zero-order valence-corrected chi connectivity index (χ0v) is 20.9. The van der Waals surface area contributed by atoms with Crippen LogP contribution in [0, 0.1) is 11.2 Å². The summed E-state index contributed by atoms with van der Waals surface area (Å²) in [4.78, 5) is 8.91. The molecule has 3 fully saturated rings. The average Bonchev–Trinajstić information content (AvgIpc) is 3.46. The highest BCUT2D eigenvalue weighted by Crippen LogP contribution is 2.56. The average molecular weight is 511 g/mol. The zero-order chi connectivity index (χ0) is 24.4. The number of ether oxygens (including phenoxy) is 2. The number of anilines is 1. The number of aromatic nitrogens is 4. The van der Waals surface area contributed by atoms with E-state index in [1.165, 1.54) is 18.9 Å². The molecule has 3 aliphatic heterocycles. The van der Waals surface area contributed by atoms with Gasteiger partial charge in [0.25, 0.3) is 0 Å². The van der Waals surface area contributed by atoms with Gasteiger partial charge in [-0.15, -0.1) is 10.2 Å². The number of nitrogens with zero attached hydrogens (tertiary/aromatic N) is 6. The fourth-order valence-electron chi connectivity index (χ4n) is 6.47. The second-order valence-electron chi connectivity index (χ2n) is 10.6. The summed E-state index contributed by atoms with van der Waals surface area (Å²) in [5.74, 6) is 2.94. The minimum absolute atomic E-state index is 0.232. The number of hydrogen-bond donors (Lipinski definition) is 0. The lowest BCUT2D eigenvalue weighted by Crippen LogP contribution is -2.62. The van der Waals surface area contributed by atoms with E-state index in [0.29, 0.717) is 12.0 Å². The summed E-state index contributed by atoms with van der Waals surface area (Å²) < 4.78 is 26.8. The molecular weight excluding hydrogens is 483 g/mol. The molecule has 2 saturated heterocycles. The topological polar surface area (TPSA) is 68.5 Å². The fraction of sp³-hybridized carbons (Fsp3) is 0.500. The maximum atomic E-state index is 13.8. The maximum Gasteiger partial charge on any atom is 0.183 e. The standard InChI is InChI=1S/C26H28ClFN6O2/c1-35-22-7-23(29-10-20(22)28)33-14-26(15-33)8-17(9-26)25-31-30-24-12-32(19-4-5-36-13-19)11-16-6-18(27)2-3-21(16)34(24)25/h2-3,6-7,10,17,19H,4-5,8-9,11-15H2,1H3/t19-/m0/s1. The first-order valence-electron chi connectivity index (χ1n) is 12.5. The molecule has 1 spiro atoms. The molecule has 1 aliphatic carbocycles. The highest BCUT2D eigenvalue weighted by atomic mass is 35.5. The van der Waals surface area contributed by atoms with Gasteiger partial charge < -0.3 is 14.4 Å². The Balaban J connectivity index is 1.12. The molecule has 7 rings (SSSR count). The third-order valence-electron chi connectivity index (χ3n) is 8.30. The lowest BCUT2D eigenvalue weighted by Gasteiger charge is -2.59. The highest BCUT2D eigenvalue weighted by Gasteiger charge is 2.54. The first kappa shape index (κ1) is 22.4. The summed E-state index contributed by atoms with van der Waals surface area (Å²) in [6.07, 6.45) is 4.39. The Morgan fingerprint density at radius 3 is 2.81 bits per heavy atom. The van der Waals surface area contributed by atoms with Crippen LogP contribution in [0.2, 0.25) is 5.02 Å². The van der Waals surface area contributed by atoms with Crippen molar-refractivity contribution in [1.29, 1.82) is 0 Å². The van der Waals surface area contributed by atoms with Gasteiger partial charge in [-0.25, -0.2) is 9.37 Å². The maximum absolute atomic E-state index is 13.8. The summed E-state index contributed by atoms with van der Waals surface area (Å²) in [7, 11) is 1.48. The molecular formula is C26H28ClFN6O2. The lowest BCUT2D eigenvalue weighted by atomic mass is 9.57. The van der Waals surface area contributed by atoms with Crippen LogP contribution >= 0.6 is 11.6 Å². The minimum Gasteiger partial charge on any atom is -0.493 e. The van der Waals surface area contributed by atoms with Crippen LogP contribution < -0.4 is 9.64 Å². The van der Waals surface area contributed by atoms with Crippen LogP contribution in [0.15, 0.2) is 30.5 Å². The van der Waals surface area contributed by atoms with E-state index in [1.807, 2.05) is 6.07 Å². The van der Waals surface area contributed by atoms with Gasteiger partial charge in [0.2, 0.25) is 0 Å². The van der Waals surface area contributed by atoms with Crippen molar-refractivity contribution in [3.63, 3.8) is 0 Å². The van der Waals surface area contributed by atoms with Gasteiger partial charge in [-0.2, -0.15) is 0 Å². The van der Waals surface area contributed by atoms with Crippen LogP contribution in [0.4, 0.5) is 10.2 Å². The van der Waals surface area contributed by atoms with E-state index in [2.05, 4.69) is 36.6 Å². The molecule has 1 aromatic carbocycles. The third-order valence-corrected chi connectivity index (χ3v) is 8.54. The third kappa shape index (κ3) is 3.59. The largest absolute Gasteiger partial charge is 0.493 e. The molecule has 4 aliphatic rings. The smallest absolute Gasteiger partial charge is 0.183 e. The first-order chi connectivity index (χ1) is 17.5. The van der Waals surface area contributed by atoms with Gasteiger partial charge in [0.05, 0.1) is 32.1 Å². The number of methoxy groups -OCH3 is 1. The summed E-state index contributed by atoms with van der Waals surface area (Å²) in [6, 6.07) is 8.21. The predicted molar refractivity (Wildman–Crippen MR) is 132 cm³/mol. The number of benzene rings is 1. The predicted octanol–water partition coefficient (Wildman–Crippen LogP) is 3.95. The molecule has 36 heavy (non-hydrogen) atoms. The van der Waals surface area contributed by atoms with Gasteiger partial charge in [-0.05, 0) is 43.0 Å². The van der Waals surface area contributed by atoms with Crippen LogP contribution in [-0.2, 0) is 17.8 Å². The summed E-state index contributed by atoms with van der Waals surface area (Å²) in [5.41, 5.74) is 2.59. The first-order valence-corrected chi connectivity index (χ1v) is 12.9. The SMILES string of the molecule is COc1cc(N2CC3(CC(c4nnc5n4-c4ccc(Cl)cc4CN([C@H]4CCOC4)C5)C3)C2)ncc1F. The second-order valence-corrected chi connectivity index (χ2v) is 11.1. The van der Waals surface area contributed by atoms with Crippen molar-refractivity contribution in [1.82, 2.24) is 24.6 Å². The van der Waals surface area contributed by atoms with E-state index in [0.717, 1.165) is 86.8 Å². The number of rotatable bonds is 4. The number of halogens is 2. The van der Waals surface area contributed by atoms with Gasteiger partial charge in [0, 0.05) is 54.7 Å². The van der Waals surface area contributed by atoms with E-state index in [9.17, 15) is 4.39 Å². The minimum atomic E-state index is -0.437. The summed E-state index contributed by atoms with van der Waals surface area (Å²) >= 11 is 6.41. The Kier molecular flexibility index (Phi) is 5.23. The van der Waals surface area contributed by atoms with Crippen LogP contribution in [0.25, 0.3) is 5.69 Å². The highest BCUT2D eigenvalue weighted by molar-refractivity contribution is 6.30. The molecule has 0 N–H and O–H groups in total. The van der Waals surface area contributed by atoms with E-state index in [-0.39, 0.29) is 11.2 Å². The molecule has 1 saturated carbocycles. The number of hydrogen-bond acceptors (Lipinski definition) is 7. The molecule has 0 unspecified atom stereocenters. The zero-order valence-electron chi connectivity index (χ0n) is 20.2. The molecule has 3 aromatic rings. The van der Waals surface area contributed by atoms with Crippen LogP contribution in [0.3, 0.4) is 0 Å². The van der Waals surface area contributed by atoms with Crippen molar-refractivity contribution < 1.29 is 13.9 Å². The molecule has 0 radical (unpaired) electrons. The second kappa shape index (κ2) is 8.39. The number of fused-ring (bicyclic) bond motifs is 3. The van der Waals surface area contributed by atoms with Gasteiger partial charge in [0.1, 0.15) is 11.6 Å². The molecule has 10 heteroatoms. The van der Waals surface area contributed by atoms with Crippen molar-refractivity contribution >= 4 is 17.4 Å². The van der Waals surface area contributed by atoms with E-state index in [1.54, 1.807) is 6.07 Å². The fourth-order valence-corrected chi connectivity index (χ4v) is 6.67. The van der Waals surface area contributed by atoms with Gasteiger partial charge in [0.15, 0.2) is 17.4 Å². The Morgan fingerprint density at radius 1 is 1.17 bits per heavy atom. The summed E-state index contributed by atoms with van der Waals surface area (Å²) in [6.45, 7) is 4.96. The normalized spacial score (nSPS) is 23.1. The number of pyridine rings is 1. The van der Waals surface area contributed by atoms with Crippen LogP contribution in [-0.4, -0.2) is 64.1 Å². The Hall–Kier alpha value is -2.75. The van der Waals surface area contributed by atoms with Gasteiger partial charge in [-0.1, -0.05) is 11.6 Å². The molecule has 1 atom stereocenters.